The maximum Gasteiger partial charge on any atom is 0.263 e. The fraction of sp³-hybridized carbons (Fsp3) is 0.333. The number of fused-ring (bicyclic) bond motifs is 1. The van der Waals surface area contributed by atoms with E-state index in [1.54, 1.807) is 16.2 Å². The molecule has 3 heterocycles. The number of piperidine rings is 1. The summed E-state index contributed by atoms with van der Waals surface area (Å²) in [5, 5.41) is 6.07. The first-order valence-electron chi connectivity index (χ1n) is 8.64. The Morgan fingerprint density at radius 1 is 1.22 bits per heavy atom. The number of para-hydroxylation sites is 1. The third-order valence-electron chi connectivity index (χ3n) is 4.60. The lowest BCUT2D eigenvalue weighted by molar-refractivity contribution is 0.0689. The first-order valence-corrected chi connectivity index (χ1v) is 12.0. The molecule has 9 heteroatoms. The van der Waals surface area contributed by atoms with Crippen molar-refractivity contribution in [1.82, 2.24) is 9.88 Å². The highest BCUT2D eigenvalue weighted by Crippen LogP contribution is 2.35. The van der Waals surface area contributed by atoms with Gasteiger partial charge < -0.3 is 4.90 Å². The Kier molecular flexibility index (Phi) is 5.02. The van der Waals surface area contributed by atoms with E-state index in [0.717, 1.165) is 32.9 Å². The van der Waals surface area contributed by atoms with E-state index in [4.69, 9.17) is 5.14 Å². The molecule has 3 aromatic rings. The molecule has 1 fully saturated rings. The number of thiophene rings is 1. The lowest BCUT2D eigenvalue weighted by atomic mass is 10.00. The molecule has 27 heavy (non-hydrogen) atoms. The second-order valence-corrected chi connectivity index (χ2v) is 10.5. The van der Waals surface area contributed by atoms with E-state index in [0.29, 0.717) is 18.0 Å². The molecule has 1 aromatic carbocycles. The monoisotopic (exact) mass is 421 g/mol. The molecular weight excluding hydrogens is 402 g/mol. The first-order chi connectivity index (χ1) is 12.9. The molecule has 4 rings (SSSR count). The molecule has 0 spiro atoms. The minimum absolute atomic E-state index is 0.0496. The summed E-state index contributed by atoms with van der Waals surface area (Å²) in [6.45, 7) is 1.08. The summed E-state index contributed by atoms with van der Waals surface area (Å²) >= 11 is 3.04. The minimum atomic E-state index is -3.52. The van der Waals surface area contributed by atoms with Gasteiger partial charge in [0.05, 0.1) is 25.7 Å². The number of rotatable bonds is 4. The van der Waals surface area contributed by atoms with E-state index in [-0.39, 0.29) is 17.6 Å². The number of hydrogen-bond donors (Lipinski definition) is 1. The van der Waals surface area contributed by atoms with Gasteiger partial charge in [-0.1, -0.05) is 12.1 Å². The number of benzene rings is 1. The molecule has 1 atom stereocenters. The predicted octanol–water partition coefficient (Wildman–Crippen LogP) is 3.17. The number of likely N-dealkylation sites (tertiary alicyclic amines) is 1. The molecule has 0 saturated carbocycles. The Labute approximate surface area is 165 Å². The normalized spacial score (nSPS) is 18.1. The standard InChI is InChI=1S/C18H19N3O3S3/c19-27(23,24)11-12-4-3-9-21(10-12)18(22)16-8-7-15(25-16)17-20-13-5-1-2-6-14(13)26-17/h1-2,5-8,12H,3-4,9-11H2,(H2,19,23,24). The van der Waals surface area contributed by atoms with Crippen LogP contribution in [0.2, 0.25) is 0 Å². The maximum atomic E-state index is 12.9. The van der Waals surface area contributed by atoms with Gasteiger partial charge in [-0.25, -0.2) is 18.5 Å². The van der Waals surface area contributed by atoms with Crippen molar-refractivity contribution < 1.29 is 13.2 Å². The fourth-order valence-electron chi connectivity index (χ4n) is 3.42. The Bertz CT molecular complexity index is 1050. The zero-order valence-corrected chi connectivity index (χ0v) is 16.9. The zero-order valence-electron chi connectivity index (χ0n) is 14.5. The van der Waals surface area contributed by atoms with Crippen LogP contribution in [0, 0.1) is 5.92 Å². The molecule has 6 nitrogen and oxygen atoms in total. The summed E-state index contributed by atoms with van der Waals surface area (Å²) in [6.07, 6.45) is 1.57. The molecule has 1 unspecified atom stereocenters. The minimum Gasteiger partial charge on any atom is -0.338 e. The second kappa shape index (κ2) is 7.31. The summed E-state index contributed by atoms with van der Waals surface area (Å²) in [5.74, 6) is -0.217. The lowest BCUT2D eigenvalue weighted by Gasteiger charge is -2.32. The smallest absolute Gasteiger partial charge is 0.263 e. The SMILES string of the molecule is NS(=O)(=O)CC1CCCN(C(=O)c2ccc(-c3nc4ccccc4s3)s2)C1. The molecule has 0 radical (unpaired) electrons. The predicted molar refractivity (Wildman–Crippen MR) is 110 cm³/mol. The number of carbonyl (C=O) groups excluding carboxylic acids is 1. The Hall–Kier alpha value is -1.81. The number of carbonyl (C=O) groups is 1. The van der Waals surface area contributed by atoms with Crippen molar-refractivity contribution in [2.45, 2.75) is 12.8 Å². The largest absolute Gasteiger partial charge is 0.338 e. The summed E-state index contributed by atoms with van der Waals surface area (Å²) in [7, 11) is -3.52. The Balaban J connectivity index is 1.51. The molecule has 1 amide bonds. The van der Waals surface area contributed by atoms with Crippen molar-refractivity contribution in [2.75, 3.05) is 18.8 Å². The summed E-state index contributed by atoms with van der Waals surface area (Å²) in [4.78, 5) is 20.9. The first kappa shape index (κ1) is 18.5. The van der Waals surface area contributed by atoms with Gasteiger partial charge in [-0.15, -0.1) is 22.7 Å². The van der Waals surface area contributed by atoms with Crippen LogP contribution in [0.1, 0.15) is 22.5 Å². The van der Waals surface area contributed by atoms with E-state index in [1.807, 2.05) is 36.4 Å². The summed E-state index contributed by atoms with van der Waals surface area (Å²) in [5.41, 5.74) is 0.959. The number of sulfonamides is 1. The highest BCUT2D eigenvalue weighted by Gasteiger charge is 2.27. The number of aromatic nitrogens is 1. The molecule has 2 N–H and O–H groups in total. The van der Waals surface area contributed by atoms with Crippen LogP contribution in [0.3, 0.4) is 0 Å². The zero-order chi connectivity index (χ0) is 19.0. The molecule has 0 aliphatic carbocycles. The van der Waals surface area contributed by atoms with Crippen molar-refractivity contribution >= 4 is 48.8 Å². The van der Waals surface area contributed by atoms with Crippen molar-refractivity contribution in [3.05, 3.63) is 41.3 Å². The molecule has 142 valence electrons. The van der Waals surface area contributed by atoms with Gasteiger partial charge in [-0.3, -0.25) is 4.79 Å². The van der Waals surface area contributed by atoms with Crippen LogP contribution in [0.4, 0.5) is 0 Å². The summed E-state index contributed by atoms with van der Waals surface area (Å²) in [6, 6.07) is 11.7. The maximum absolute atomic E-state index is 12.9. The van der Waals surface area contributed by atoms with Gasteiger partial charge in [-0.2, -0.15) is 0 Å². The number of nitrogens with two attached hydrogens (primary N) is 1. The lowest BCUT2D eigenvalue weighted by Crippen LogP contribution is -2.42. The van der Waals surface area contributed by atoms with Gasteiger partial charge in [0.1, 0.15) is 5.01 Å². The van der Waals surface area contributed by atoms with Gasteiger partial charge in [0, 0.05) is 13.1 Å². The highest BCUT2D eigenvalue weighted by molar-refractivity contribution is 7.89. The van der Waals surface area contributed by atoms with E-state index in [1.165, 1.54) is 11.3 Å². The van der Waals surface area contributed by atoms with E-state index in [2.05, 4.69) is 4.98 Å². The number of hydrogen-bond acceptors (Lipinski definition) is 6. The molecule has 1 aliphatic rings. The average molecular weight is 422 g/mol. The summed E-state index contributed by atoms with van der Waals surface area (Å²) < 4.78 is 23.8. The third kappa shape index (κ3) is 4.21. The van der Waals surface area contributed by atoms with Crippen LogP contribution in [0.5, 0.6) is 0 Å². The second-order valence-electron chi connectivity index (χ2n) is 6.74. The van der Waals surface area contributed by atoms with Crippen molar-refractivity contribution in [3.63, 3.8) is 0 Å². The topological polar surface area (TPSA) is 93.4 Å². The van der Waals surface area contributed by atoms with Crippen LogP contribution in [0.15, 0.2) is 36.4 Å². The van der Waals surface area contributed by atoms with Gasteiger partial charge >= 0.3 is 0 Å². The highest BCUT2D eigenvalue weighted by atomic mass is 32.2. The van der Waals surface area contributed by atoms with E-state index < -0.39 is 10.0 Å². The van der Waals surface area contributed by atoms with Gasteiger partial charge in [0.2, 0.25) is 10.0 Å². The number of primary sulfonamides is 1. The molecule has 1 saturated heterocycles. The number of amides is 1. The number of thiazole rings is 1. The third-order valence-corrected chi connectivity index (χ3v) is 7.81. The van der Waals surface area contributed by atoms with Crippen LogP contribution >= 0.6 is 22.7 Å². The van der Waals surface area contributed by atoms with Crippen LogP contribution in [-0.2, 0) is 10.0 Å². The molecule has 2 aromatic heterocycles. The quantitative estimate of drug-likeness (QED) is 0.700. The van der Waals surface area contributed by atoms with E-state index in [9.17, 15) is 13.2 Å². The van der Waals surface area contributed by atoms with Gasteiger partial charge in [-0.05, 0) is 43.0 Å². The molecule has 1 aliphatic heterocycles. The van der Waals surface area contributed by atoms with Crippen molar-refractivity contribution in [2.24, 2.45) is 11.1 Å². The molecule has 0 bridgehead atoms. The fourth-order valence-corrected chi connectivity index (χ4v) is 6.34. The molecular formula is C18H19N3O3S3. The van der Waals surface area contributed by atoms with E-state index >= 15 is 0 Å². The van der Waals surface area contributed by atoms with Crippen LogP contribution < -0.4 is 5.14 Å². The average Bonchev–Trinajstić information content (AvgIpc) is 3.26. The van der Waals surface area contributed by atoms with Crippen molar-refractivity contribution in [1.29, 1.82) is 0 Å². The van der Waals surface area contributed by atoms with Crippen LogP contribution in [0.25, 0.3) is 20.1 Å². The van der Waals surface area contributed by atoms with Gasteiger partial charge in [0.15, 0.2) is 0 Å². The number of nitrogens with zero attached hydrogens (tertiary/aromatic N) is 2. The van der Waals surface area contributed by atoms with Crippen LogP contribution in [-0.4, -0.2) is 43.1 Å². The van der Waals surface area contributed by atoms with Crippen molar-refractivity contribution in [3.8, 4) is 9.88 Å². The van der Waals surface area contributed by atoms with Gasteiger partial charge in [0.25, 0.3) is 5.91 Å². The Morgan fingerprint density at radius 3 is 2.81 bits per heavy atom. The Morgan fingerprint density at radius 2 is 2.04 bits per heavy atom.